The lowest BCUT2D eigenvalue weighted by atomic mass is 9.94. The van der Waals surface area contributed by atoms with Crippen molar-refractivity contribution in [1.29, 1.82) is 0 Å². The molecule has 3 heterocycles. The highest BCUT2D eigenvalue weighted by Gasteiger charge is 2.37. The van der Waals surface area contributed by atoms with E-state index in [0.29, 0.717) is 31.9 Å². The Morgan fingerprint density at radius 2 is 2.11 bits per heavy atom. The minimum atomic E-state index is -0.379. The fourth-order valence-corrected chi connectivity index (χ4v) is 3.50. The molecular weight excluding hydrogens is 244 g/mol. The third-order valence-electron chi connectivity index (χ3n) is 4.49. The van der Waals surface area contributed by atoms with Gasteiger partial charge < -0.3 is 19.7 Å². The fraction of sp³-hybridized carbons (Fsp3) is 0.929. The average molecular weight is 268 g/mol. The van der Waals surface area contributed by atoms with Gasteiger partial charge in [-0.3, -0.25) is 4.79 Å². The molecule has 3 aliphatic heterocycles. The van der Waals surface area contributed by atoms with Crippen LogP contribution in [0.2, 0.25) is 0 Å². The SMILES string of the molecule is O=C(C1COCCO1)N1CCCCC1C1CCCN1. The number of carbonyl (C=O) groups excluding carboxylic acids is 1. The first-order valence-corrected chi connectivity index (χ1v) is 7.59. The van der Waals surface area contributed by atoms with Crippen molar-refractivity contribution >= 4 is 5.91 Å². The van der Waals surface area contributed by atoms with Gasteiger partial charge in [0.15, 0.2) is 6.10 Å². The second-order valence-corrected chi connectivity index (χ2v) is 5.73. The number of amides is 1. The molecule has 1 amide bonds. The second kappa shape index (κ2) is 6.20. The maximum atomic E-state index is 12.6. The molecule has 0 saturated carbocycles. The number of nitrogens with one attached hydrogen (secondary N) is 1. The highest BCUT2D eigenvalue weighted by atomic mass is 16.6. The predicted molar refractivity (Wildman–Crippen MR) is 70.9 cm³/mol. The van der Waals surface area contributed by atoms with Gasteiger partial charge in [0.1, 0.15) is 0 Å². The zero-order chi connectivity index (χ0) is 13.1. The summed E-state index contributed by atoms with van der Waals surface area (Å²) in [4.78, 5) is 14.7. The summed E-state index contributed by atoms with van der Waals surface area (Å²) in [6, 6.07) is 0.836. The molecule has 5 heteroatoms. The van der Waals surface area contributed by atoms with Crippen molar-refractivity contribution in [3.63, 3.8) is 0 Å². The van der Waals surface area contributed by atoms with Crippen LogP contribution in [-0.4, -0.2) is 61.9 Å². The largest absolute Gasteiger partial charge is 0.376 e. The van der Waals surface area contributed by atoms with Crippen LogP contribution in [0.4, 0.5) is 0 Å². The summed E-state index contributed by atoms with van der Waals surface area (Å²) in [5, 5.41) is 3.55. The number of piperidine rings is 1. The summed E-state index contributed by atoms with van der Waals surface area (Å²) in [5.41, 5.74) is 0. The van der Waals surface area contributed by atoms with Crippen molar-refractivity contribution in [3.05, 3.63) is 0 Å². The summed E-state index contributed by atoms with van der Waals surface area (Å²) in [6.07, 6.45) is 5.51. The first-order valence-electron chi connectivity index (χ1n) is 7.59. The molecule has 0 aromatic rings. The van der Waals surface area contributed by atoms with E-state index in [9.17, 15) is 4.79 Å². The van der Waals surface area contributed by atoms with Gasteiger partial charge >= 0.3 is 0 Å². The van der Waals surface area contributed by atoms with Crippen LogP contribution >= 0.6 is 0 Å². The van der Waals surface area contributed by atoms with E-state index in [-0.39, 0.29) is 12.0 Å². The Hall–Kier alpha value is -0.650. The van der Waals surface area contributed by atoms with Crippen molar-refractivity contribution in [2.24, 2.45) is 0 Å². The van der Waals surface area contributed by atoms with E-state index in [1.165, 1.54) is 19.3 Å². The second-order valence-electron chi connectivity index (χ2n) is 5.73. The highest BCUT2D eigenvalue weighted by Crippen LogP contribution is 2.25. The van der Waals surface area contributed by atoms with Gasteiger partial charge in [-0.1, -0.05) is 0 Å². The number of nitrogens with zero attached hydrogens (tertiary/aromatic N) is 1. The topological polar surface area (TPSA) is 50.8 Å². The normalized spacial score (nSPS) is 36.4. The molecule has 0 aliphatic carbocycles. The molecular formula is C14H24N2O3. The van der Waals surface area contributed by atoms with Crippen LogP contribution in [0.25, 0.3) is 0 Å². The molecule has 3 saturated heterocycles. The Morgan fingerprint density at radius 1 is 1.16 bits per heavy atom. The lowest BCUT2D eigenvalue weighted by molar-refractivity contribution is -0.162. The Kier molecular flexibility index (Phi) is 4.35. The number of hydrogen-bond acceptors (Lipinski definition) is 4. The van der Waals surface area contributed by atoms with Gasteiger partial charge in [0, 0.05) is 18.6 Å². The molecule has 108 valence electrons. The third kappa shape index (κ3) is 2.93. The van der Waals surface area contributed by atoms with Crippen molar-refractivity contribution in [3.8, 4) is 0 Å². The summed E-state index contributed by atoms with van der Waals surface area (Å²) < 4.78 is 10.9. The highest BCUT2D eigenvalue weighted by molar-refractivity contribution is 5.81. The minimum absolute atomic E-state index is 0.137. The average Bonchev–Trinajstić information content (AvgIpc) is 3.01. The van der Waals surface area contributed by atoms with Gasteiger partial charge in [0.05, 0.1) is 19.8 Å². The van der Waals surface area contributed by atoms with Crippen molar-refractivity contribution in [1.82, 2.24) is 10.2 Å². The monoisotopic (exact) mass is 268 g/mol. The number of hydrogen-bond donors (Lipinski definition) is 1. The lowest BCUT2D eigenvalue weighted by Crippen LogP contribution is -2.56. The minimum Gasteiger partial charge on any atom is -0.376 e. The zero-order valence-electron chi connectivity index (χ0n) is 11.5. The van der Waals surface area contributed by atoms with Crippen LogP contribution in [0.1, 0.15) is 32.1 Å². The summed E-state index contributed by atoms with van der Waals surface area (Å²) in [6.45, 7) is 3.53. The van der Waals surface area contributed by atoms with E-state index in [0.717, 1.165) is 25.9 Å². The van der Waals surface area contributed by atoms with E-state index in [1.807, 2.05) is 0 Å². The standard InChI is InChI=1S/C14H24N2O3/c17-14(13-10-18-8-9-19-13)16-7-2-1-5-12(16)11-4-3-6-15-11/h11-13,15H,1-10H2. The number of carbonyl (C=O) groups is 1. The van der Waals surface area contributed by atoms with Crippen LogP contribution < -0.4 is 5.32 Å². The first kappa shape index (κ1) is 13.3. The van der Waals surface area contributed by atoms with Gasteiger partial charge in [-0.05, 0) is 38.6 Å². The van der Waals surface area contributed by atoms with E-state index in [1.54, 1.807) is 0 Å². The molecule has 0 aromatic carbocycles. The van der Waals surface area contributed by atoms with Crippen LogP contribution in [0.15, 0.2) is 0 Å². The molecule has 3 atom stereocenters. The van der Waals surface area contributed by atoms with Gasteiger partial charge in [0.25, 0.3) is 5.91 Å². The Morgan fingerprint density at radius 3 is 2.84 bits per heavy atom. The Labute approximate surface area is 114 Å². The summed E-state index contributed by atoms with van der Waals surface area (Å²) >= 11 is 0. The molecule has 0 radical (unpaired) electrons. The lowest BCUT2D eigenvalue weighted by Gasteiger charge is -2.41. The van der Waals surface area contributed by atoms with E-state index in [2.05, 4.69) is 10.2 Å². The molecule has 3 rings (SSSR count). The molecule has 0 bridgehead atoms. The molecule has 3 unspecified atom stereocenters. The van der Waals surface area contributed by atoms with Gasteiger partial charge in [-0.25, -0.2) is 0 Å². The van der Waals surface area contributed by atoms with Crippen molar-refractivity contribution < 1.29 is 14.3 Å². The maximum absolute atomic E-state index is 12.6. The maximum Gasteiger partial charge on any atom is 0.254 e. The quantitative estimate of drug-likeness (QED) is 0.794. The molecule has 0 spiro atoms. The van der Waals surface area contributed by atoms with Gasteiger partial charge in [-0.2, -0.15) is 0 Å². The number of ether oxygens (including phenoxy) is 2. The van der Waals surface area contributed by atoms with E-state index < -0.39 is 0 Å². The fourth-order valence-electron chi connectivity index (χ4n) is 3.50. The van der Waals surface area contributed by atoms with Gasteiger partial charge in [0.2, 0.25) is 0 Å². The molecule has 3 fully saturated rings. The Bertz CT molecular complexity index is 312. The number of likely N-dealkylation sites (tertiary alicyclic amines) is 1. The molecule has 19 heavy (non-hydrogen) atoms. The van der Waals surface area contributed by atoms with Crippen molar-refractivity contribution in [2.75, 3.05) is 32.9 Å². The number of rotatable bonds is 2. The van der Waals surface area contributed by atoms with Crippen LogP contribution in [-0.2, 0) is 14.3 Å². The third-order valence-corrected chi connectivity index (χ3v) is 4.49. The molecule has 5 nitrogen and oxygen atoms in total. The molecule has 3 aliphatic rings. The van der Waals surface area contributed by atoms with Crippen LogP contribution in [0.5, 0.6) is 0 Å². The molecule has 1 N–H and O–H groups in total. The summed E-state index contributed by atoms with van der Waals surface area (Å²) in [5.74, 6) is 0.137. The van der Waals surface area contributed by atoms with E-state index >= 15 is 0 Å². The summed E-state index contributed by atoms with van der Waals surface area (Å²) in [7, 11) is 0. The van der Waals surface area contributed by atoms with Crippen molar-refractivity contribution in [2.45, 2.75) is 50.3 Å². The predicted octanol–water partition coefficient (Wildman–Crippen LogP) is 0.535. The Balaban J connectivity index is 1.66. The smallest absolute Gasteiger partial charge is 0.254 e. The van der Waals surface area contributed by atoms with Crippen LogP contribution in [0, 0.1) is 0 Å². The van der Waals surface area contributed by atoms with E-state index in [4.69, 9.17) is 9.47 Å². The van der Waals surface area contributed by atoms with Gasteiger partial charge in [-0.15, -0.1) is 0 Å². The first-order chi connectivity index (χ1) is 9.36. The zero-order valence-corrected chi connectivity index (χ0v) is 11.5. The van der Waals surface area contributed by atoms with Crippen LogP contribution in [0.3, 0.4) is 0 Å². The molecule has 0 aromatic heterocycles.